The first kappa shape index (κ1) is 20.3. The fourth-order valence-electron chi connectivity index (χ4n) is 2.70. The van der Waals surface area contributed by atoms with Crippen molar-refractivity contribution in [1.29, 1.82) is 10.5 Å². The lowest BCUT2D eigenvalue weighted by Gasteiger charge is -2.22. The van der Waals surface area contributed by atoms with Crippen LogP contribution in [0.4, 0.5) is 0 Å². The van der Waals surface area contributed by atoms with Gasteiger partial charge < -0.3 is 20.1 Å². The lowest BCUT2D eigenvalue weighted by molar-refractivity contribution is -0.670. The smallest absolute Gasteiger partial charge is 0.254 e. The highest BCUT2D eigenvalue weighted by Gasteiger charge is 2.28. The van der Waals surface area contributed by atoms with Gasteiger partial charge in [-0.25, -0.2) is 0 Å². The summed E-state index contributed by atoms with van der Waals surface area (Å²) < 4.78 is 4.95. The quantitative estimate of drug-likeness (QED) is 0.628. The molecule has 1 aliphatic rings. The van der Waals surface area contributed by atoms with E-state index < -0.39 is 23.3 Å². The lowest BCUT2D eigenvalue weighted by atomic mass is 9.83. The van der Waals surface area contributed by atoms with E-state index in [0.717, 1.165) is 26.3 Å². The van der Waals surface area contributed by atoms with Gasteiger partial charge in [0, 0.05) is 11.5 Å². The second-order valence-electron chi connectivity index (χ2n) is 5.75. The predicted octanol–water partition coefficient (Wildman–Crippen LogP) is -0.119. The second-order valence-corrected chi connectivity index (χ2v) is 6.16. The molecule has 8 nitrogen and oxygen atoms in total. The minimum atomic E-state index is -1.16. The van der Waals surface area contributed by atoms with Gasteiger partial charge in [-0.1, -0.05) is 30.3 Å². The Morgan fingerprint density at radius 1 is 1.15 bits per heavy atom. The van der Waals surface area contributed by atoms with E-state index in [1.54, 1.807) is 30.3 Å². The molecule has 0 saturated carbocycles. The van der Waals surface area contributed by atoms with Gasteiger partial charge in [-0.2, -0.15) is 10.5 Å². The number of ether oxygens (including phenoxy) is 1. The number of hydrogen-bond acceptors (Lipinski definition) is 6. The third kappa shape index (κ3) is 5.50. The minimum Gasteiger partial charge on any atom is -0.860 e. The van der Waals surface area contributed by atoms with Crippen molar-refractivity contribution in [3.05, 3.63) is 56.6 Å². The zero-order valence-corrected chi connectivity index (χ0v) is 15.3. The van der Waals surface area contributed by atoms with Gasteiger partial charge in [0.1, 0.15) is 5.92 Å². The van der Waals surface area contributed by atoms with Gasteiger partial charge in [0.15, 0.2) is 4.77 Å². The Morgan fingerprint density at radius 2 is 1.78 bits per heavy atom. The summed E-state index contributed by atoms with van der Waals surface area (Å²) in [5.74, 6) is -2.79. The fraction of sp³-hybridized carbons (Fsp3) is 0.333. The van der Waals surface area contributed by atoms with Crippen molar-refractivity contribution >= 4 is 12.2 Å². The Labute approximate surface area is 161 Å². The molecule has 1 fully saturated rings. The van der Waals surface area contributed by atoms with Crippen molar-refractivity contribution in [2.24, 2.45) is 5.92 Å². The van der Waals surface area contributed by atoms with Gasteiger partial charge in [0.05, 0.1) is 38.4 Å². The molecule has 1 saturated heterocycles. The number of H-pyrrole nitrogens is 2. The van der Waals surface area contributed by atoms with Crippen molar-refractivity contribution in [2.45, 2.75) is 5.92 Å². The first-order chi connectivity index (χ1) is 13.1. The molecule has 1 aliphatic heterocycles. The summed E-state index contributed by atoms with van der Waals surface area (Å²) in [7, 11) is 0. The molecule has 1 atom stereocenters. The van der Waals surface area contributed by atoms with Gasteiger partial charge in [-0.15, -0.1) is 0 Å². The van der Waals surface area contributed by atoms with Crippen LogP contribution in [0.5, 0.6) is 5.88 Å². The Hall–Kier alpha value is -2.98. The van der Waals surface area contributed by atoms with Crippen LogP contribution in [0, 0.1) is 33.4 Å². The summed E-state index contributed by atoms with van der Waals surface area (Å²) in [6.45, 7) is 4.19. The molecule has 4 N–H and O–H groups in total. The molecule has 1 aromatic heterocycles. The predicted molar refractivity (Wildman–Crippen MR) is 97.2 cm³/mol. The highest BCUT2D eigenvalue weighted by molar-refractivity contribution is 7.71. The minimum absolute atomic E-state index is 0.0916. The lowest BCUT2D eigenvalue weighted by Crippen LogP contribution is -2.87. The van der Waals surface area contributed by atoms with Crippen molar-refractivity contribution < 1.29 is 15.2 Å². The number of hydrogen-bond donors (Lipinski definition) is 3. The van der Waals surface area contributed by atoms with Crippen LogP contribution >= 0.6 is 12.2 Å². The number of benzene rings is 1. The average molecular weight is 385 g/mol. The van der Waals surface area contributed by atoms with Crippen molar-refractivity contribution in [3.63, 3.8) is 0 Å². The summed E-state index contributed by atoms with van der Waals surface area (Å²) in [5, 5.41) is 32.6. The third-order valence-corrected chi connectivity index (χ3v) is 4.16. The summed E-state index contributed by atoms with van der Waals surface area (Å²) in [4.78, 5) is 16.7. The van der Waals surface area contributed by atoms with Crippen molar-refractivity contribution in [2.75, 3.05) is 26.3 Å². The molecule has 1 unspecified atom stereocenters. The van der Waals surface area contributed by atoms with Crippen LogP contribution in [0.3, 0.4) is 0 Å². The van der Waals surface area contributed by atoms with Crippen LogP contribution in [0.1, 0.15) is 17.0 Å². The number of nitriles is 2. The van der Waals surface area contributed by atoms with Crippen LogP contribution in [0.2, 0.25) is 0 Å². The molecule has 1 aromatic carbocycles. The van der Waals surface area contributed by atoms with E-state index in [9.17, 15) is 9.90 Å². The second kappa shape index (κ2) is 10.2. The Bertz CT molecular complexity index is 913. The highest BCUT2D eigenvalue weighted by Crippen LogP contribution is 2.32. The van der Waals surface area contributed by atoms with Gasteiger partial charge in [-0.3, -0.25) is 9.78 Å². The van der Waals surface area contributed by atoms with Gasteiger partial charge in [0.25, 0.3) is 5.56 Å². The Balaban J connectivity index is 0.000000369. The zero-order valence-electron chi connectivity index (χ0n) is 14.5. The van der Waals surface area contributed by atoms with Crippen molar-refractivity contribution in [3.8, 4) is 18.0 Å². The van der Waals surface area contributed by atoms with E-state index in [1.807, 2.05) is 12.1 Å². The topological polar surface area (TPSA) is 145 Å². The third-order valence-electron chi connectivity index (χ3n) is 3.96. The normalized spacial score (nSPS) is 14.3. The molecule has 9 heteroatoms. The molecular weight excluding hydrogens is 366 g/mol. The first-order valence-corrected chi connectivity index (χ1v) is 8.76. The summed E-state index contributed by atoms with van der Waals surface area (Å²) in [6, 6.07) is 12.1. The molecule has 0 aliphatic carbocycles. The molecule has 140 valence electrons. The average Bonchev–Trinajstić information content (AvgIpc) is 2.69. The van der Waals surface area contributed by atoms with E-state index in [-0.39, 0.29) is 10.3 Å². The molecule has 0 bridgehead atoms. The molecule has 2 heterocycles. The number of rotatable bonds is 3. The van der Waals surface area contributed by atoms with Gasteiger partial charge in [-0.05, 0) is 23.7 Å². The maximum absolute atomic E-state index is 12.1. The van der Waals surface area contributed by atoms with E-state index in [2.05, 4.69) is 15.3 Å². The largest absolute Gasteiger partial charge is 0.860 e. The molecule has 3 rings (SSSR count). The number of nitrogens with two attached hydrogens (primary N) is 1. The molecule has 0 amide bonds. The number of nitrogens with one attached hydrogen (secondary N) is 2. The maximum Gasteiger partial charge on any atom is 0.254 e. The number of nitrogens with zero attached hydrogens (tertiary/aromatic N) is 2. The van der Waals surface area contributed by atoms with Crippen LogP contribution in [-0.4, -0.2) is 36.3 Å². The zero-order chi connectivity index (χ0) is 19.6. The molecule has 0 radical (unpaired) electrons. The number of morpholine rings is 1. The maximum atomic E-state index is 12.1. The molecule has 0 spiro atoms. The van der Waals surface area contributed by atoms with Crippen molar-refractivity contribution in [1.82, 2.24) is 9.97 Å². The van der Waals surface area contributed by atoms with Crippen LogP contribution < -0.4 is 16.0 Å². The van der Waals surface area contributed by atoms with Gasteiger partial charge in [0.2, 0.25) is 0 Å². The number of aromatic amines is 2. The summed E-state index contributed by atoms with van der Waals surface area (Å²) >= 11 is 4.73. The first-order valence-electron chi connectivity index (χ1n) is 8.35. The molecule has 2 aromatic rings. The van der Waals surface area contributed by atoms with E-state index in [0.29, 0.717) is 5.56 Å². The van der Waals surface area contributed by atoms with E-state index in [4.69, 9.17) is 27.5 Å². The Kier molecular flexibility index (Phi) is 7.71. The van der Waals surface area contributed by atoms with E-state index >= 15 is 0 Å². The standard InChI is InChI=1S/C14H10N4O2S.C4H9NO/c15-6-9(7-16)10(8-4-2-1-3-5-8)11-12(19)17-14(21)18-13(11)20;1-3-6-4-2-5-1/h1-5,9-10H,(H3,17,18,19,20,21);5H,1-4H2. The Morgan fingerprint density at radius 3 is 2.22 bits per heavy atom. The monoisotopic (exact) mass is 385 g/mol. The van der Waals surface area contributed by atoms with Crippen LogP contribution in [0.15, 0.2) is 35.1 Å². The summed E-state index contributed by atoms with van der Waals surface area (Å²) in [6.07, 6.45) is 0. The highest BCUT2D eigenvalue weighted by atomic mass is 32.1. The summed E-state index contributed by atoms with van der Waals surface area (Å²) in [5.41, 5.74) is -0.338. The number of aromatic nitrogens is 2. The molecular formula is C18H19N5O3S. The SMILES string of the molecule is C1COCC[NH2+]1.N#CC(C#N)C(c1ccccc1)c1c([O-])[nH]c(=S)[nH]c1=O. The van der Waals surface area contributed by atoms with E-state index in [1.165, 1.54) is 0 Å². The van der Waals surface area contributed by atoms with Crippen LogP contribution in [0.25, 0.3) is 0 Å². The van der Waals surface area contributed by atoms with Gasteiger partial charge >= 0.3 is 0 Å². The fourth-order valence-corrected chi connectivity index (χ4v) is 2.89. The molecule has 27 heavy (non-hydrogen) atoms. The van der Waals surface area contributed by atoms with Crippen LogP contribution in [-0.2, 0) is 4.74 Å². The number of quaternary nitrogens is 1.